The first-order valence-corrected chi connectivity index (χ1v) is 11.4. The lowest BCUT2D eigenvalue weighted by molar-refractivity contribution is 0.102. The van der Waals surface area contributed by atoms with Crippen molar-refractivity contribution in [3.63, 3.8) is 0 Å². The highest BCUT2D eigenvalue weighted by molar-refractivity contribution is 9.10. The van der Waals surface area contributed by atoms with Crippen LogP contribution in [0.2, 0.25) is 0 Å². The summed E-state index contributed by atoms with van der Waals surface area (Å²) in [4.78, 5) is 14.6. The van der Waals surface area contributed by atoms with E-state index in [2.05, 4.69) is 50.5 Å². The van der Waals surface area contributed by atoms with Crippen molar-refractivity contribution < 1.29 is 9.53 Å². The fourth-order valence-electron chi connectivity index (χ4n) is 3.54. The summed E-state index contributed by atoms with van der Waals surface area (Å²) >= 11 is 3.41. The molecule has 0 atom stereocenters. The molecule has 0 saturated heterocycles. The zero-order valence-corrected chi connectivity index (χ0v) is 19.9. The molecule has 0 bridgehead atoms. The number of carbonyl (C=O) groups is 1. The number of fused-ring (bicyclic) bond motifs is 1. The Kier molecular flexibility index (Phi) is 6.55. The Labute approximate surface area is 195 Å². The van der Waals surface area contributed by atoms with Gasteiger partial charge in [-0.2, -0.15) is 4.80 Å². The highest BCUT2D eigenvalue weighted by Crippen LogP contribution is 2.26. The van der Waals surface area contributed by atoms with E-state index in [0.717, 1.165) is 27.7 Å². The van der Waals surface area contributed by atoms with Crippen LogP contribution in [-0.2, 0) is 6.42 Å². The highest BCUT2D eigenvalue weighted by Gasteiger charge is 2.16. The Hall–Kier alpha value is -3.19. The Bertz CT molecular complexity index is 1270. The molecular weight excluding hydrogens is 468 g/mol. The summed E-state index contributed by atoms with van der Waals surface area (Å²) in [5.74, 6) is 0.262. The van der Waals surface area contributed by atoms with Crippen LogP contribution in [0.4, 0.5) is 5.69 Å². The second-order valence-electron chi connectivity index (χ2n) is 7.71. The summed E-state index contributed by atoms with van der Waals surface area (Å²) in [5, 5.41) is 12.2. The van der Waals surface area contributed by atoms with E-state index in [1.807, 2.05) is 37.3 Å². The van der Waals surface area contributed by atoms with Gasteiger partial charge < -0.3 is 10.1 Å². The number of benzene rings is 3. The van der Waals surface area contributed by atoms with Crippen LogP contribution in [0.15, 0.2) is 59.1 Å². The summed E-state index contributed by atoms with van der Waals surface area (Å²) < 4.78 is 6.14. The topological polar surface area (TPSA) is 69.0 Å². The number of rotatable bonds is 7. The number of aromatic nitrogens is 3. The third-order valence-electron chi connectivity index (χ3n) is 5.37. The van der Waals surface area contributed by atoms with Gasteiger partial charge in [0, 0.05) is 10.2 Å². The number of hydrogen-bond acceptors (Lipinski definition) is 4. The van der Waals surface area contributed by atoms with Crippen molar-refractivity contribution in [2.75, 3.05) is 12.4 Å². The predicted molar refractivity (Wildman–Crippen MR) is 131 cm³/mol. The van der Waals surface area contributed by atoms with Gasteiger partial charge in [0.05, 0.1) is 18.4 Å². The molecule has 7 heteroatoms. The van der Waals surface area contributed by atoms with Crippen molar-refractivity contribution in [1.82, 2.24) is 15.0 Å². The van der Waals surface area contributed by atoms with Crippen molar-refractivity contribution in [3.8, 4) is 11.4 Å². The molecule has 1 aromatic heterocycles. The van der Waals surface area contributed by atoms with Gasteiger partial charge in [-0.05, 0) is 73.4 Å². The fraction of sp³-hybridized carbons (Fsp3) is 0.240. The molecule has 0 saturated carbocycles. The summed E-state index contributed by atoms with van der Waals surface area (Å²) in [6.45, 7) is 4.14. The quantitative estimate of drug-likeness (QED) is 0.338. The Balaban J connectivity index is 1.60. The fourth-order valence-corrected chi connectivity index (χ4v) is 3.90. The Morgan fingerprint density at radius 2 is 1.78 bits per heavy atom. The lowest BCUT2D eigenvalue weighted by Gasteiger charge is -2.11. The normalized spacial score (nSPS) is 11.0. The van der Waals surface area contributed by atoms with E-state index in [9.17, 15) is 4.79 Å². The van der Waals surface area contributed by atoms with Crippen LogP contribution in [0.25, 0.3) is 16.7 Å². The largest absolute Gasteiger partial charge is 0.496 e. The average molecular weight is 493 g/mol. The number of amides is 1. The maximum atomic E-state index is 12.9. The van der Waals surface area contributed by atoms with Crippen molar-refractivity contribution in [2.24, 2.45) is 0 Å². The van der Waals surface area contributed by atoms with Gasteiger partial charge in [0.25, 0.3) is 5.91 Å². The summed E-state index contributed by atoms with van der Waals surface area (Å²) in [5.41, 5.74) is 5.75. The van der Waals surface area contributed by atoms with Crippen LogP contribution in [-0.4, -0.2) is 28.0 Å². The van der Waals surface area contributed by atoms with E-state index < -0.39 is 0 Å². The first-order chi connectivity index (χ1) is 15.5. The van der Waals surface area contributed by atoms with E-state index in [-0.39, 0.29) is 5.91 Å². The van der Waals surface area contributed by atoms with E-state index in [1.165, 1.54) is 18.4 Å². The molecule has 32 heavy (non-hydrogen) atoms. The zero-order chi connectivity index (χ0) is 22.7. The molecule has 6 nitrogen and oxygen atoms in total. The number of anilines is 1. The van der Waals surface area contributed by atoms with Crippen LogP contribution in [0.5, 0.6) is 5.75 Å². The Morgan fingerprint density at radius 1 is 1.06 bits per heavy atom. The Morgan fingerprint density at radius 3 is 2.47 bits per heavy atom. The van der Waals surface area contributed by atoms with Crippen LogP contribution >= 0.6 is 15.9 Å². The number of nitrogens with zero attached hydrogens (tertiary/aromatic N) is 3. The van der Waals surface area contributed by atoms with Crippen LogP contribution in [0.1, 0.15) is 41.3 Å². The number of aryl methyl sites for hydroxylation is 2. The molecule has 4 aromatic rings. The molecule has 0 aliphatic rings. The number of unbranched alkanes of at least 4 members (excludes halogenated alkanes) is 1. The minimum Gasteiger partial charge on any atom is -0.496 e. The van der Waals surface area contributed by atoms with Crippen molar-refractivity contribution in [1.29, 1.82) is 0 Å². The second-order valence-corrected chi connectivity index (χ2v) is 8.63. The van der Waals surface area contributed by atoms with Crippen LogP contribution in [0, 0.1) is 6.92 Å². The molecule has 0 radical (unpaired) electrons. The molecule has 0 spiro atoms. The standard InChI is InChI=1S/C25H25BrN4O2/c1-4-5-6-17-7-10-19(11-8-17)30-28-22-13-16(2)21(15-23(22)29-30)27-25(31)20-14-18(26)9-12-24(20)32-3/h7-15H,4-6H2,1-3H3,(H,27,31). The van der Waals surface area contributed by atoms with Crippen LogP contribution < -0.4 is 10.1 Å². The monoisotopic (exact) mass is 492 g/mol. The molecule has 0 aliphatic heterocycles. The molecule has 0 unspecified atom stereocenters. The minimum absolute atomic E-state index is 0.249. The van der Waals surface area contributed by atoms with Gasteiger partial charge in [0.1, 0.15) is 16.8 Å². The van der Waals surface area contributed by atoms with E-state index in [0.29, 0.717) is 22.5 Å². The second kappa shape index (κ2) is 9.53. The number of methoxy groups -OCH3 is 1. The molecular formula is C25H25BrN4O2. The van der Waals surface area contributed by atoms with Gasteiger partial charge in [0.2, 0.25) is 0 Å². The smallest absolute Gasteiger partial charge is 0.259 e. The molecule has 1 amide bonds. The number of hydrogen-bond donors (Lipinski definition) is 1. The van der Waals surface area contributed by atoms with Gasteiger partial charge in [-0.1, -0.05) is 41.4 Å². The molecule has 3 aromatic carbocycles. The zero-order valence-electron chi connectivity index (χ0n) is 18.4. The van der Waals surface area contributed by atoms with Gasteiger partial charge in [0.15, 0.2) is 0 Å². The maximum Gasteiger partial charge on any atom is 0.259 e. The van der Waals surface area contributed by atoms with Gasteiger partial charge in [-0.15, -0.1) is 10.2 Å². The van der Waals surface area contributed by atoms with E-state index in [1.54, 1.807) is 24.0 Å². The lowest BCUT2D eigenvalue weighted by atomic mass is 10.1. The highest BCUT2D eigenvalue weighted by atomic mass is 79.9. The van der Waals surface area contributed by atoms with Gasteiger partial charge >= 0.3 is 0 Å². The third-order valence-corrected chi connectivity index (χ3v) is 5.86. The molecule has 0 aliphatic carbocycles. The molecule has 1 N–H and O–H groups in total. The summed E-state index contributed by atoms with van der Waals surface area (Å²) in [6.07, 6.45) is 3.44. The van der Waals surface area contributed by atoms with Crippen LogP contribution in [0.3, 0.4) is 0 Å². The number of ether oxygens (including phenoxy) is 1. The molecule has 1 heterocycles. The lowest BCUT2D eigenvalue weighted by Crippen LogP contribution is -2.14. The summed E-state index contributed by atoms with van der Waals surface area (Å²) in [7, 11) is 1.55. The number of halogens is 1. The van der Waals surface area contributed by atoms with Gasteiger partial charge in [-0.3, -0.25) is 4.79 Å². The predicted octanol–water partition coefficient (Wildman–Crippen LogP) is 6.09. The van der Waals surface area contributed by atoms with Crippen molar-refractivity contribution >= 4 is 38.6 Å². The average Bonchev–Trinajstić information content (AvgIpc) is 3.20. The summed E-state index contributed by atoms with van der Waals surface area (Å²) in [6, 6.07) is 17.5. The first kappa shape index (κ1) is 22.0. The van der Waals surface area contributed by atoms with E-state index >= 15 is 0 Å². The molecule has 0 fully saturated rings. The van der Waals surface area contributed by atoms with E-state index in [4.69, 9.17) is 4.74 Å². The first-order valence-electron chi connectivity index (χ1n) is 10.6. The van der Waals surface area contributed by atoms with Crippen molar-refractivity contribution in [3.05, 3.63) is 75.8 Å². The third kappa shape index (κ3) is 4.67. The SMILES string of the molecule is CCCCc1ccc(-n2nc3cc(C)c(NC(=O)c4cc(Br)ccc4OC)cc3n2)cc1. The molecule has 4 rings (SSSR count). The van der Waals surface area contributed by atoms with Crippen molar-refractivity contribution in [2.45, 2.75) is 33.1 Å². The number of nitrogens with one attached hydrogen (secondary N) is 1. The van der Waals surface area contributed by atoms with Gasteiger partial charge in [-0.25, -0.2) is 0 Å². The minimum atomic E-state index is -0.249. The maximum absolute atomic E-state index is 12.9. The molecule has 164 valence electrons. The number of carbonyl (C=O) groups excluding carboxylic acids is 1.